The third kappa shape index (κ3) is 5.78. The van der Waals surface area contributed by atoms with Crippen LogP contribution >= 0.6 is 23.2 Å². The summed E-state index contributed by atoms with van der Waals surface area (Å²) in [5.41, 5.74) is 2.18. The van der Waals surface area contributed by atoms with Crippen molar-refractivity contribution in [2.75, 3.05) is 48.3 Å². The molecule has 162 valence electrons. The maximum absolute atomic E-state index is 12.4. The van der Waals surface area contributed by atoms with E-state index < -0.39 is 22.5 Å². The van der Waals surface area contributed by atoms with Gasteiger partial charge in [-0.3, -0.25) is 9.10 Å². The van der Waals surface area contributed by atoms with Crippen LogP contribution in [0.2, 0.25) is 10.0 Å². The standard InChI is InChI=1S/C20H23Cl2N3O4S/c1-30(27,28)25(18-4-2-3-17(21)20(18)22)14-19(26)23-13-15-5-7-16(8-6-15)24-9-11-29-12-10-24/h2-8H,9-14H2,1H3,(H,23,26). The summed E-state index contributed by atoms with van der Waals surface area (Å²) in [6.07, 6.45) is 1.02. The molecule has 0 bridgehead atoms. The van der Waals surface area contributed by atoms with Crippen LogP contribution in [0.1, 0.15) is 5.56 Å². The number of halogens is 2. The van der Waals surface area contributed by atoms with Gasteiger partial charge in [-0.05, 0) is 29.8 Å². The molecule has 0 aliphatic carbocycles. The summed E-state index contributed by atoms with van der Waals surface area (Å²) in [6, 6.07) is 12.5. The molecular weight excluding hydrogens is 449 g/mol. The van der Waals surface area contributed by atoms with E-state index in [1.165, 1.54) is 6.07 Å². The molecule has 1 amide bonds. The first-order chi connectivity index (χ1) is 14.3. The molecule has 2 aromatic rings. The Balaban J connectivity index is 1.62. The first-order valence-corrected chi connectivity index (χ1v) is 12.0. The van der Waals surface area contributed by atoms with Gasteiger partial charge >= 0.3 is 0 Å². The van der Waals surface area contributed by atoms with Gasteiger partial charge in [-0.1, -0.05) is 41.4 Å². The van der Waals surface area contributed by atoms with Crippen LogP contribution in [0, 0.1) is 0 Å². The zero-order chi connectivity index (χ0) is 21.7. The lowest BCUT2D eigenvalue weighted by Crippen LogP contribution is -2.40. The van der Waals surface area contributed by atoms with Crippen molar-refractivity contribution in [3.8, 4) is 0 Å². The first kappa shape index (κ1) is 22.7. The minimum atomic E-state index is -3.74. The predicted octanol–water partition coefficient (Wildman–Crippen LogP) is 2.91. The maximum Gasteiger partial charge on any atom is 0.241 e. The molecule has 0 atom stereocenters. The Labute approximate surface area is 186 Å². The number of rotatable bonds is 7. The molecule has 2 aromatic carbocycles. The fourth-order valence-corrected chi connectivity index (χ4v) is 4.41. The third-order valence-electron chi connectivity index (χ3n) is 4.69. The smallest absolute Gasteiger partial charge is 0.241 e. The summed E-state index contributed by atoms with van der Waals surface area (Å²) in [6.45, 7) is 3.01. The average Bonchev–Trinajstić information content (AvgIpc) is 2.73. The minimum Gasteiger partial charge on any atom is -0.378 e. The van der Waals surface area contributed by atoms with Crippen molar-refractivity contribution in [2.24, 2.45) is 0 Å². The molecule has 10 heteroatoms. The van der Waals surface area contributed by atoms with Gasteiger partial charge in [0.2, 0.25) is 15.9 Å². The summed E-state index contributed by atoms with van der Waals surface area (Å²) in [5.74, 6) is -0.450. The summed E-state index contributed by atoms with van der Waals surface area (Å²) < 4.78 is 30.7. The zero-order valence-corrected chi connectivity index (χ0v) is 18.8. The van der Waals surface area contributed by atoms with Crippen LogP contribution in [0.4, 0.5) is 11.4 Å². The van der Waals surface area contributed by atoms with Crippen LogP contribution < -0.4 is 14.5 Å². The summed E-state index contributed by atoms with van der Waals surface area (Å²) in [5, 5.41) is 3.04. The SMILES string of the molecule is CS(=O)(=O)N(CC(=O)NCc1ccc(N2CCOCC2)cc1)c1cccc(Cl)c1Cl. The molecule has 0 spiro atoms. The number of anilines is 2. The summed E-state index contributed by atoms with van der Waals surface area (Å²) >= 11 is 12.1. The van der Waals surface area contributed by atoms with E-state index in [9.17, 15) is 13.2 Å². The molecule has 0 saturated carbocycles. The predicted molar refractivity (Wildman–Crippen MR) is 120 cm³/mol. The third-order valence-corrected chi connectivity index (χ3v) is 6.63. The quantitative estimate of drug-likeness (QED) is 0.671. The highest BCUT2D eigenvalue weighted by Crippen LogP contribution is 2.33. The molecule has 1 aliphatic heterocycles. The van der Waals surface area contributed by atoms with Crippen molar-refractivity contribution in [1.29, 1.82) is 0 Å². The topological polar surface area (TPSA) is 79.0 Å². The van der Waals surface area contributed by atoms with Gasteiger partial charge in [0.15, 0.2) is 0 Å². The van der Waals surface area contributed by atoms with E-state index in [0.29, 0.717) is 13.2 Å². The molecule has 0 aromatic heterocycles. The Morgan fingerprint density at radius 3 is 2.43 bits per heavy atom. The Morgan fingerprint density at radius 2 is 1.80 bits per heavy atom. The van der Waals surface area contributed by atoms with Crippen LogP contribution in [0.25, 0.3) is 0 Å². The molecule has 1 aliphatic rings. The molecular formula is C20H23Cl2N3O4S. The van der Waals surface area contributed by atoms with Crippen molar-refractivity contribution in [3.63, 3.8) is 0 Å². The lowest BCUT2D eigenvalue weighted by Gasteiger charge is -2.29. The Kier molecular flexibility index (Phi) is 7.46. The number of sulfonamides is 1. The molecule has 1 heterocycles. The number of benzene rings is 2. The number of hydrogen-bond donors (Lipinski definition) is 1. The number of morpholine rings is 1. The molecule has 1 N–H and O–H groups in total. The Bertz CT molecular complexity index is 994. The molecule has 0 unspecified atom stereocenters. The van der Waals surface area contributed by atoms with E-state index in [2.05, 4.69) is 10.2 Å². The molecule has 0 radical (unpaired) electrons. The molecule has 1 fully saturated rings. The van der Waals surface area contributed by atoms with E-state index >= 15 is 0 Å². The van der Waals surface area contributed by atoms with Crippen LogP contribution in [0.15, 0.2) is 42.5 Å². The lowest BCUT2D eigenvalue weighted by atomic mass is 10.2. The van der Waals surface area contributed by atoms with E-state index in [1.54, 1.807) is 12.1 Å². The molecule has 30 heavy (non-hydrogen) atoms. The van der Waals surface area contributed by atoms with Crippen molar-refractivity contribution in [3.05, 3.63) is 58.1 Å². The number of amides is 1. The van der Waals surface area contributed by atoms with E-state index in [1.807, 2.05) is 24.3 Å². The van der Waals surface area contributed by atoms with Gasteiger partial charge in [0.25, 0.3) is 0 Å². The van der Waals surface area contributed by atoms with Crippen molar-refractivity contribution in [1.82, 2.24) is 5.32 Å². The first-order valence-electron chi connectivity index (χ1n) is 9.36. The average molecular weight is 472 g/mol. The summed E-state index contributed by atoms with van der Waals surface area (Å²) in [7, 11) is -3.74. The van der Waals surface area contributed by atoms with Gasteiger partial charge < -0.3 is 15.0 Å². The maximum atomic E-state index is 12.4. The molecule has 7 nitrogen and oxygen atoms in total. The molecule has 3 rings (SSSR count). The number of ether oxygens (including phenoxy) is 1. The van der Waals surface area contributed by atoms with Gasteiger partial charge in [-0.15, -0.1) is 0 Å². The molecule has 1 saturated heterocycles. The Morgan fingerprint density at radius 1 is 1.13 bits per heavy atom. The van der Waals surface area contributed by atoms with Crippen molar-refractivity contribution in [2.45, 2.75) is 6.54 Å². The lowest BCUT2D eigenvalue weighted by molar-refractivity contribution is -0.119. The largest absolute Gasteiger partial charge is 0.378 e. The Hall–Kier alpha value is -2.00. The van der Waals surface area contributed by atoms with Gasteiger partial charge in [0, 0.05) is 25.3 Å². The fraction of sp³-hybridized carbons (Fsp3) is 0.350. The number of hydrogen-bond acceptors (Lipinski definition) is 5. The van der Waals surface area contributed by atoms with Crippen molar-refractivity contribution < 1.29 is 17.9 Å². The highest BCUT2D eigenvalue weighted by Gasteiger charge is 2.23. The van der Waals surface area contributed by atoms with Crippen LogP contribution in [0.5, 0.6) is 0 Å². The van der Waals surface area contributed by atoms with Gasteiger partial charge in [-0.2, -0.15) is 0 Å². The zero-order valence-electron chi connectivity index (χ0n) is 16.5. The monoisotopic (exact) mass is 471 g/mol. The fourth-order valence-electron chi connectivity index (χ4n) is 3.10. The number of carbonyl (C=O) groups is 1. The van der Waals surface area contributed by atoms with E-state index in [0.717, 1.165) is 34.9 Å². The van der Waals surface area contributed by atoms with Crippen LogP contribution in [-0.2, 0) is 26.1 Å². The number of nitrogens with zero attached hydrogens (tertiary/aromatic N) is 2. The van der Waals surface area contributed by atoms with Crippen LogP contribution in [-0.4, -0.2) is 53.4 Å². The van der Waals surface area contributed by atoms with Crippen molar-refractivity contribution >= 4 is 50.5 Å². The highest BCUT2D eigenvalue weighted by molar-refractivity contribution is 7.92. The van der Waals surface area contributed by atoms with Gasteiger partial charge in [0.1, 0.15) is 6.54 Å². The van der Waals surface area contributed by atoms with Gasteiger partial charge in [0.05, 0.1) is 35.2 Å². The van der Waals surface area contributed by atoms with E-state index in [4.69, 9.17) is 27.9 Å². The minimum absolute atomic E-state index is 0.0797. The number of nitrogens with one attached hydrogen (secondary N) is 1. The normalized spacial score (nSPS) is 14.4. The second kappa shape index (κ2) is 9.87. The second-order valence-electron chi connectivity index (χ2n) is 6.89. The van der Waals surface area contributed by atoms with Crippen LogP contribution in [0.3, 0.4) is 0 Å². The highest BCUT2D eigenvalue weighted by atomic mass is 35.5. The van der Waals surface area contributed by atoms with Gasteiger partial charge in [-0.25, -0.2) is 8.42 Å². The van der Waals surface area contributed by atoms with E-state index in [-0.39, 0.29) is 22.3 Å². The summed E-state index contributed by atoms with van der Waals surface area (Å²) in [4.78, 5) is 14.7. The number of carbonyl (C=O) groups excluding carboxylic acids is 1. The second-order valence-corrected chi connectivity index (χ2v) is 9.58.